The maximum atomic E-state index is 12.2. The number of rotatable bonds is 4. The first kappa shape index (κ1) is 16.5. The minimum absolute atomic E-state index is 0.0179. The van der Waals surface area contributed by atoms with Crippen LogP contribution >= 0.6 is 11.6 Å². The fourth-order valence-corrected chi connectivity index (χ4v) is 6.46. The molecule has 1 N–H and O–H groups in total. The monoisotopic (exact) mass is 343 g/mol. The molecule has 2 aliphatic rings. The highest BCUT2D eigenvalue weighted by atomic mass is 35.5. The molecule has 5 nitrogen and oxygen atoms in total. The molecule has 2 fully saturated rings. The molecule has 1 aliphatic heterocycles. The van der Waals surface area contributed by atoms with E-state index in [9.17, 15) is 16.8 Å². The summed E-state index contributed by atoms with van der Waals surface area (Å²) in [6.07, 6.45) is 4.22. The minimum Gasteiger partial charge on any atom is -0.229 e. The largest absolute Gasteiger partial charge is 0.229 e. The van der Waals surface area contributed by atoms with Gasteiger partial charge in [0.1, 0.15) is 9.84 Å². The molecule has 1 saturated heterocycles. The molecule has 0 bridgehead atoms. The summed E-state index contributed by atoms with van der Waals surface area (Å²) >= 11 is 6.02. The summed E-state index contributed by atoms with van der Waals surface area (Å²) in [4.78, 5) is 0. The Labute approximate surface area is 126 Å². The lowest BCUT2D eigenvalue weighted by Gasteiger charge is -2.27. The molecule has 0 amide bonds. The highest BCUT2D eigenvalue weighted by Crippen LogP contribution is 2.27. The van der Waals surface area contributed by atoms with Crippen molar-refractivity contribution in [3.05, 3.63) is 0 Å². The van der Waals surface area contributed by atoms with Crippen LogP contribution in [-0.2, 0) is 19.9 Å². The summed E-state index contributed by atoms with van der Waals surface area (Å²) in [6, 6.07) is 0. The second-order valence-corrected chi connectivity index (χ2v) is 10.8. The Morgan fingerprint density at radius 1 is 1.00 bits per heavy atom. The predicted octanol–water partition coefficient (Wildman–Crippen LogP) is 1.28. The van der Waals surface area contributed by atoms with Gasteiger partial charge in [0, 0.05) is 11.9 Å². The van der Waals surface area contributed by atoms with Crippen LogP contribution in [-0.4, -0.2) is 45.5 Å². The van der Waals surface area contributed by atoms with Crippen molar-refractivity contribution in [3.63, 3.8) is 0 Å². The van der Waals surface area contributed by atoms with Gasteiger partial charge >= 0.3 is 0 Å². The minimum atomic E-state index is -3.39. The first-order valence-corrected chi connectivity index (χ1v) is 10.9. The number of hydrogen-bond donors (Lipinski definition) is 1. The van der Waals surface area contributed by atoms with Gasteiger partial charge in [-0.15, -0.1) is 11.6 Å². The summed E-state index contributed by atoms with van der Waals surface area (Å²) in [5.41, 5.74) is 0. The van der Waals surface area contributed by atoms with Gasteiger partial charge in [-0.1, -0.05) is 0 Å². The average Bonchev–Trinajstić information content (AvgIpc) is 2.38. The number of halogens is 1. The van der Waals surface area contributed by atoms with Crippen molar-refractivity contribution in [3.8, 4) is 0 Å². The quantitative estimate of drug-likeness (QED) is 0.780. The Hall–Kier alpha value is 0.150. The van der Waals surface area contributed by atoms with Crippen LogP contribution in [0.2, 0.25) is 0 Å². The molecule has 1 saturated carbocycles. The van der Waals surface area contributed by atoms with Gasteiger partial charge in [0.25, 0.3) is 0 Å². The van der Waals surface area contributed by atoms with Gasteiger partial charge in [-0.3, -0.25) is 0 Å². The van der Waals surface area contributed by atoms with Crippen molar-refractivity contribution in [2.75, 3.05) is 18.1 Å². The zero-order valence-electron chi connectivity index (χ0n) is 11.4. The molecule has 118 valence electrons. The van der Waals surface area contributed by atoms with E-state index in [-0.39, 0.29) is 29.7 Å². The van der Waals surface area contributed by atoms with Crippen LogP contribution in [0.5, 0.6) is 0 Å². The number of nitrogens with one attached hydrogen (secondary N) is 1. The number of sulfone groups is 1. The van der Waals surface area contributed by atoms with E-state index < -0.39 is 25.1 Å². The zero-order valence-corrected chi connectivity index (χ0v) is 13.8. The van der Waals surface area contributed by atoms with Crippen molar-refractivity contribution in [1.29, 1.82) is 0 Å². The lowest BCUT2D eigenvalue weighted by molar-refractivity contribution is 0.360. The summed E-state index contributed by atoms with van der Waals surface area (Å²) in [7, 11) is -6.42. The summed E-state index contributed by atoms with van der Waals surface area (Å²) in [6.45, 7) is 0.454. The van der Waals surface area contributed by atoms with E-state index in [0.717, 1.165) is 25.7 Å². The SMILES string of the molecule is O=S1(=O)CCC(S(=O)(=O)NCC2CCC(Cl)CC2)CC1. The van der Waals surface area contributed by atoms with E-state index in [1.54, 1.807) is 0 Å². The maximum absolute atomic E-state index is 12.2. The first-order valence-electron chi connectivity index (χ1n) is 7.11. The van der Waals surface area contributed by atoms with Crippen molar-refractivity contribution in [2.24, 2.45) is 5.92 Å². The van der Waals surface area contributed by atoms with Crippen LogP contribution in [0.25, 0.3) is 0 Å². The van der Waals surface area contributed by atoms with Crippen LogP contribution < -0.4 is 4.72 Å². The van der Waals surface area contributed by atoms with Crippen molar-refractivity contribution in [1.82, 2.24) is 4.72 Å². The summed E-state index contributed by atoms with van der Waals surface area (Å²) < 4.78 is 49.7. The Bertz CT molecular complexity index is 510. The van der Waals surface area contributed by atoms with Crippen LogP contribution in [0.15, 0.2) is 0 Å². The van der Waals surface area contributed by atoms with Gasteiger partial charge in [-0.2, -0.15) is 0 Å². The standard InChI is InChI=1S/C12H22ClNO4S2/c13-11-3-1-10(2-4-11)9-14-20(17,18)12-5-7-19(15,16)8-6-12/h10-12,14H,1-9H2. The lowest BCUT2D eigenvalue weighted by Crippen LogP contribution is -2.41. The molecule has 0 spiro atoms. The van der Waals surface area contributed by atoms with Gasteiger partial charge in [0.15, 0.2) is 0 Å². The molecule has 2 rings (SSSR count). The third-order valence-electron chi connectivity index (χ3n) is 4.29. The zero-order chi connectivity index (χ0) is 14.8. The Balaban J connectivity index is 1.82. The van der Waals surface area contributed by atoms with Gasteiger partial charge in [-0.25, -0.2) is 21.6 Å². The van der Waals surface area contributed by atoms with Crippen LogP contribution in [0.3, 0.4) is 0 Å². The van der Waals surface area contributed by atoms with E-state index in [4.69, 9.17) is 11.6 Å². The van der Waals surface area contributed by atoms with Crippen LogP contribution in [0.1, 0.15) is 38.5 Å². The van der Waals surface area contributed by atoms with E-state index in [0.29, 0.717) is 12.5 Å². The van der Waals surface area contributed by atoms with E-state index in [2.05, 4.69) is 4.72 Å². The maximum Gasteiger partial charge on any atom is 0.214 e. The third-order valence-corrected chi connectivity index (χ3v) is 8.36. The van der Waals surface area contributed by atoms with Crippen LogP contribution in [0, 0.1) is 5.92 Å². The van der Waals surface area contributed by atoms with E-state index in [1.807, 2.05) is 0 Å². The van der Waals surface area contributed by atoms with Crippen molar-refractivity contribution < 1.29 is 16.8 Å². The molecule has 0 aromatic heterocycles. The lowest BCUT2D eigenvalue weighted by atomic mass is 9.89. The smallest absolute Gasteiger partial charge is 0.214 e. The highest BCUT2D eigenvalue weighted by molar-refractivity contribution is 7.92. The number of hydrogen-bond acceptors (Lipinski definition) is 4. The third kappa shape index (κ3) is 4.58. The Kier molecular flexibility index (Phi) is 5.37. The fraction of sp³-hybridized carbons (Fsp3) is 1.00. The Morgan fingerprint density at radius 2 is 1.55 bits per heavy atom. The van der Waals surface area contributed by atoms with Crippen LogP contribution in [0.4, 0.5) is 0 Å². The van der Waals surface area contributed by atoms with Gasteiger partial charge < -0.3 is 0 Å². The van der Waals surface area contributed by atoms with Crippen molar-refractivity contribution in [2.45, 2.75) is 49.2 Å². The fourth-order valence-electron chi connectivity index (χ4n) is 2.86. The number of sulfonamides is 1. The normalized spacial score (nSPS) is 32.0. The molecule has 0 aromatic rings. The highest BCUT2D eigenvalue weighted by Gasteiger charge is 2.33. The molecule has 20 heavy (non-hydrogen) atoms. The molecule has 0 aromatic carbocycles. The topological polar surface area (TPSA) is 80.3 Å². The average molecular weight is 344 g/mol. The number of alkyl halides is 1. The molecular formula is C12H22ClNO4S2. The second-order valence-electron chi connectivity index (χ2n) is 5.86. The molecular weight excluding hydrogens is 322 g/mol. The molecule has 1 heterocycles. The van der Waals surface area contributed by atoms with Gasteiger partial charge in [-0.05, 0) is 44.4 Å². The molecule has 0 unspecified atom stereocenters. The van der Waals surface area contributed by atoms with Gasteiger partial charge in [0.2, 0.25) is 10.0 Å². The molecule has 1 aliphatic carbocycles. The Morgan fingerprint density at radius 3 is 2.10 bits per heavy atom. The van der Waals surface area contributed by atoms with Gasteiger partial charge in [0.05, 0.1) is 16.8 Å². The molecule has 0 atom stereocenters. The molecule has 8 heteroatoms. The van der Waals surface area contributed by atoms with Crippen molar-refractivity contribution >= 4 is 31.5 Å². The summed E-state index contributed by atoms with van der Waals surface area (Å²) in [5.74, 6) is 0.318. The summed E-state index contributed by atoms with van der Waals surface area (Å²) in [5, 5.41) is -0.332. The van der Waals surface area contributed by atoms with E-state index >= 15 is 0 Å². The van der Waals surface area contributed by atoms with E-state index in [1.165, 1.54) is 0 Å². The predicted molar refractivity (Wildman–Crippen MR) is 80.2 cm³/mol. The second kappa shape index (κ2) is 6.50. The first-order chi connectivity index (χ1) is 9.28. The molecule has 0 radical (unpaired) electrons.